The van der Waals surface area contributed by atoms with Gasteiger partial charge in [-0.1, -0.05) is 6.07 Å². The molecule has 0 radical (unpaired) electrons. The van der Waals surface area contributed by atoms with Gasteiger partial charge in [-0.2, -0.15) is 0 Å². The van der Waals surface area contributed by atoms with Crippen molar-refractivity contribution in [1.29, 1.82) is 0 Å². The van der Waals surface area contributed by atoms with E-state index in [1.165, 1.54) is 6.07 Å². The lowest BCUT2D eigenvalue weighted by atomic mass is 9.96. The molecular weight excluding hydrogens is 232 g/mol. The molecule has 2 aliphatic rings. The van der Waals surface area contributed by atoms with Crippen molar-refractivity contribution in [1.82, 2.24) is 4.98 Å². The zero-order chi connectivity index (χ0) is 12.6. The van der Waals surface area contributed by atoms with Gasteiger partial charge in [-0.25, -0.2) is 9.78 Å². The predicted octanol–water partition coefficient (Wildman–Crippen LogP) is 1.76. The summed E-state index contributed by atoms with van der Waals surface area (Å²) in [5.74, 6) is -0.335. The van der Waals surface area contributed by atoms with Crippen molar-refractivity contribution in [2.75, 3.05) is 18.5 Å². The number of anilines is 1. The van der Waals surface area contributed by atoms with E-state index < -0.39 is 5.97 Å². The molecule has 0 bridgehead atoms. The van der Waals surface area contributed by atoms with Crippen LogP contribution >= 0.6 is 0 Å². The monoisotopic (exact) mass is 248 g/mol. The van der Waals surface area contributed by atoms with Crippen molar-refractivity contribution in [3.63, 3.8) is 0 Å². The summed E-state index contributed by atoms with van der Waals surface area (Å²) in [6.45, 7) is 1.67. The van der Waals surface area contributed by atoms with Gasteiger partial charge in [0.1, 0.15) is 5.82 Å². The van der Waals surface area contributed by atoms with E-state index in [-0.39, 0.29) is 5.69 Å². The van der Waals surface area contributed by atoms with Crippen LogP contribution in [0.2, 0.25) is 0 Å². The molecule has 18 heavy (non-hydrogen) atoms. The number of pyridine rings is 1. The maximum Gasteiger partial charge on any atom is 0.354 e. The first-order valence-corrected chi connectivity index (χ1v) is 6.24. The van der Waals surface area contributed by atoms with Crippen LogP contribution in [0.5, 0.6) is 0 Å². The number of hydrogen-bond donors (Lipinski definition) is 2. The minimum atomic E-state index is -0.991. The van der Waals surface area contributed by atoms with Crippen LogP contribution in [0.3, 0.4) is 0 Å². The van der Waals surface area contributed by atoms with Crippen molar-refractivity contribution in [2.24, 2.45) is 5.41 Å². The average Bonchev–Trinajstić information content (AvgIpc) is 3.02. The molecule has 2 heterocycles. The van der Waals surface area contributed by atoms with Gasteiger partial charge in [0, 0.05) is 19.3 Å². The van der Waals surface area contributed by atoms with Gasteiger partial charge < -0.3 is 15.2 Å². The van der Waals surface area contributed by atoms with Crippen molar-refractivity contribution >= 4 is 11.8 Å². The molecule has 1 unspecified atom stereocenters. The van der Waals surface area contributed by atoms with Gasteiger partial charge in [0.05, 0.1) is 0 Å². The number of hydrogen-bond acceptors (Lipinski definition) is 4. The Bertz CT molecular complexity index is 469. The van der Waals surface area contributed by atoms with Crippen LogP contribution in [0.15, 0.2) is 18.2 Å². The third-order valence-corrected chi connectivity index (χ3v) is 3.97. The largest absolute Gasteiger partial charge is 0.477 e. The molecule has 96 valence electrons. The van der Waals surface area contributed by atoms with E-state index in [2.05, 4.69) is 10.3 Å². The number of aromatic nitrogens is 1. The Kier molecular flexibility index (Phi) is 2.70. The van der Waals surface area contributed by atoms with Crippen LogP contribution in [0, 0.1) is 5.41 Å². The molecule has 1 atom stereocenters. The Morgan fingerprint density at radius 1 is 1.44 bits per heavy atom. The fourth-order valence-electron chi connectivity index (χ4n) is 2.69. The maximum absolute atomic E-state index is 10.8. The highest BCUT2D eigenvalue weighted by atomic mass is 16.5. The molecule has 1 aliphatic carbocycles. The lowest BCUT2D eigenvalue weighted by Crippen LogP contribution is -2.23. The predicted molar refractivity (Wildman–Crippen MR) is 65.7 cm³/mol. The summed E-state index contributed by atoms with van der Waals surface area (Å²) >= 11 is 0. The molecule has 1 aromatic rings. The zero-order valence-corrected chi connectivity index (χ0v) is 10.1. The molecule has 1 aliphatic heterocycles. The van der Waals surface area contributed by atoms with Crippen molar-refractivity contribution in [3.8, 4) is 0 Å². The molecule has 0 amide bonds. The highest BCUT2D eigenvalue weighted by Gasteiger charge is 2.54. The number of carboxylic acids is 1. The minimum Gasteiger partial charge on any atom is -0.477 e. The van der Waals surface area contributed by atoms with E-state index >= 15 is 0 Å². The molecule has 1 saturated heterocycles. The van der Waals surface area contributed by atoms with Crippen LogP contribution < -0.4 is 5.32 Å². The van der Waals surface area contributed by atoms with Crippen LogP contribution in [-0.2, 0) is 4.74 Å². The molecule has 5 nitrogen and oxygen atoms in total. The Morgan fingerprint density at radius 3 is 2.94 bits per heavy atom. The summed E-state index contributed by atoms with van der Waals surface area (Å²) in [6.07, 6.45) is 3.31. The van der Waals surface area contributed by atoms with Gasteiger partial charge >= 0.3 is 5.97 Å². The Hall–Kier alpha value is -1.62. The SMILES string of the molecule is O=C(O)c1cccc(NC2CC23CCOCC3)n1. The van der Waals surface area contributed by atoms with E-state index in [0.717, 1.165) is 32.5 Å². The third kappa shape index (κ3) is 2.06. The van der Waals surface area contributed by atoms with Gasteiger partial charge in [0.15, 0.2) is 5.69 Å². The standard InChI is InChI=1S/C13H16N2O3/c16-12(17)9-2-1-3-11(14-9)15-10-8-13(10)4-6-18-7-5-13/h1-3,10H,4-8H2,(H,14,15)(H,16,17). The first-order valence-electron chi connectivity index (χ1n) is 6.24. The molecule has 0 aromatic carbocycles. The van der Waals surface area contributed by atoms with Gasteiger partial charge in [-0.3, -0.25) is 0 Å². The number of nitrogens with one attached hydrogen (secondary N) is 1. The summed E-state index contributed by atoms with van der Waals surface area (Å²) in [6, 6.07) is 5.46. The van der Waals surface area contributed by atoms with Crippen LogP contribution in [0.1, 0.15) is 29.8 Å². The number of aromatic carboxylic acids is 1. The highest BCUT2D eigenvalue weighted by Crippen LogP contribution is 2.54. The van der Waals surface area contributed by atoms with E-state index in [9.17, 15) is 4.79 Å². The number of rotatable bonds is 3. The van der Waals surface area contributed by atoms with E-state index in [0.29, 0.717) is 17.3 Å². The van der Waals surface area contributed by atoms with Crippen LogP contribution in [0.25, 0.3) is 0 Å². The third-order valence-electron chi connectivity index (χ3n) is 3.97. The number of carboxylic acid groups (broad SMARTS) is 1. The topological polar surface area (TPSA) is 71.5 Å². The first kappa shape index (κ1) is 11.5. The molecule has 5 heteroatoms. The van der Waals surface area contributed by atoms with Gasteiger partial charge in [-0.15, -0.1) is 0 Å². The molecule has 1 saturated carbocycles. The van der Waals surface area contributed by atoms with Gasteiger partial charge in [0.25, 0.3) is 0 Å². The fourth-order valence-corrected chi connectivity index (χ4v) is 2.69. The van der Waals surface area contributed by atoms with Gasteiger partial charge in [0.2, 0.25) is 0 Å². The quantitative estimate of drug-likeness (QED) is 0.852. The fraction of sp³-hybridized carbons (Fsp3) is 0.538. The Balaban J connectivity index is 1.67. The summed E-state index contributed by atoms with van der Waals surface area (Å²) in [5.41, 5.74) is 0.445. The van der Waals surface area contributed by atoms with Gasteiger partial charge in [-0.05, 0) is 36.8 Å². The summed E-state index contributed by atoms with van der Waals surface area (Å²) < 4.78 is 5.37. The van der Waals surface area contributed by atoms with E-state index in [4.69, 9.17) is 9.84 Å². The summed E-state index contributed by atoms with van der Waals surface area (Å²) in [5, 5.41) is 12.2. The molecule has 3 rings (SSSR count). The Labute approximate surface area is 105 Å². The normalized spacial score (nSPS) is 24.8. The average molecular weight is 248 g/mol. The molecule has 2 N–H and O–H groups in total. The lowest BCUT2D eigenvalue weighted by molar-refractivity contribution is 0.0567. The number of nitrogens with zero attached hydrogens (tertiary/aromatic N) is 1. The van der Waals surface area contributed by atoms with Crippen LogP contribution in [0.4, 0.5) is 5.82 Å². The van der Waals surface area contributed by atoms with Crippen molar-refractivity contribution in [2.45, 2.75) is 25.3 Å². The summed E-state index contributed by atoms with van der Waals surface area (Å²) in [7, 11) is 0. The second-order valence-corrected chi connectivity index (χ2v) is 5.09. The lowest BCUT2D eigenvalue weighted by Gasteiger charge is -2.23. The van der Waals surface area contributed by atoms with Crippen molar-refractivity contribution in [3.05, 3.63) is 23.9 Å². The first-order chi connectivity index (χ1) is 8.70. The second kappa shape index (κ2) is 4.24. The number of carbonyl (C=O) groups is 1. The summed E-state index contributed by atoms with van der Waals surface area (Å²) in [4.78, 5) is 14.9. The molecule has 1 aromatic heterocycles. The minimum absolute atomic E-state index is 0.0849. The van der Waals surface area contributed by atoms with E-state index in [1.54, 1.807) is 6.07 Å². The Morgan fingerprint density at radius 2 is 2.22 bits per heavy atom. The maximum atomic E-state index is 10.8. The van der Waals surface area contributed by atoms with Crippen LogP contribution in [-0.4, -0.2) is 35.3 Å². The molecular formula is C13H16N2O3. The van der Waals surface area contributed by atoms with E-state index in [1.807, 2.05) is 6.07 Å². The smallest absolute Gasteiger partial charge is 0.354 e. The second-order valence-electron chi connectivity index (χ2n) is 5.09. The molecule has 2 fully saturated rings. The zero-order valence-electron chi connectivity index (χ0n) is 10.1. The number of ether oxygens (including phenoxy) is 1. The molecule has 1 spiro atoms. The highest BCUT2D eigenvalue weighted by molar-refractivity contribution is 5.85. The van der Waals surface area contributed by atoms with Crippen molar-refractivity contribution < 1.29 is 14.6 Å².